The van der Waals surface area contributed by atoms with Crippen LogP contribution in [0.2, 0.25) is 0 Å². The van der Waals surface area contributed by atoms with E-state index in [1.165, 1.54) is 0 Å². The number of rotatable bonds is 3. The minimum atomic E-state index is -0.846. The number of nitrogens with zero attached hydrogens (tertiary/aromatic N) is 2. The minimum Gasteiger partial charge on any atom is -0.481 e. The highest BCUT2D eigenvalue weighted by atomic mass is 16.4. The van der Waals surface area contributed by atoms with E-state index in [0.717, 1.165) is 17.4 Å². The van der Waals surface area contributed by atoms with E-state index in [0.29, 0.717) is 5.69 Å². The number of hydrogen-bond donors (Lipinski definition) is 1. The van der Waals surface area contributed by atoms with Gasteiger partial charge in [0.05, 0.1) is 17.6 Å². The van der Waals surface area contributed by atoms with Gasteiger partial charge >= 0.3 is 5.97 Å². The van der Waals surface area contributed by atoms with Crippen LogP contribution in [0.1, 0.15) is 12.6 Å². The third kappa shape index (κ3) is 1.70. The van der Waals surface area contributed by atoms with E-state index in [4.69, 9.17) is 5.11 Å². The molecule has 1 aromatic carbocycles. The lowest BCUT2D eigenvalue weighted by molar-refractivity contribution is -0.136. The zero-order chi connectivity index (χ0) is 10.8. The minimum absolute atomic E-state index is 0.0203. The number of aliphatic carboxylic acids is 1. The molecule has 2 aromatic rings. The highest BCUT2D eigenvalue weighted by Crippen LogP contribution is 2.18. The number of fused-ring (bicyclic) bond motifs is 1. The van der Waals surface area contributed by atoms with Crippen molar-refractivity contribution in [2.75, 3.05) is 0 Å². The number of aromatic nitrogens is 2. The van der Waals surface area contributed by atoms with Crippen LogP contribution in [-0.2, 0) is 17.8 Å². The molecule has 0 fully saturated rings. The molecule has 4 nitrogen and oxygen atoms in total. The number of aryl methyl sites for hydroxylation is 1. The Morgan fingerprint density at radius 2 is 2.20 bits per heavy atom. The van der Waals surface area contributed by atoms with Gasteiger partial charge in [-0.3, -0.25) is 9.48 Å². The second-order valence-corrected chi connectivity index (χ2v) is 3.35. The Kier molecular flexibility index (Phi) is 2.41. The highest BCUT2D eigenvalue weighted by molar-refractivity contribution is 5.85. The normalized spacial score (nSPS) is 10.7. The number of para-hydroxylation sites is 1. The molecule has 0 aliphatic carbocycles. The Hall–Kier alpha value is -1.84. The summed E-state index contributed by atoms with van der Waals surface area (Å²) < 4.78 is 1.83. The van der Waals surface area contributed by atoms with Crippen LogP contribution < -0.4 is 0 Å². The van der Waals surface area contributed by atoms with Crippen LogP contribution in [0.15, 0.2) is 24.3 Å². The maximum absolute atomic E-state index is 10.7. The molecule has 0 radical (unpaired) electrons. The first kappa shape index (κ1) is 9.71. The molecule has 0 spiro atoms. The van der Waals surface area contributed by atoms with Gasteiger partial charge in [0.25, 0.3) is 0 Å². The van der Waals surface area contributed by atoms with Gasteiger partial charge in [-0.2, -0.15) is 5.10 Å². The van der Waals surface area contributed by atoms with Gasteiger partial charge < -0.3 is 5.11 Å². The van der Waals surface area contributed by atoms with Crippen molar-refractivity contribution in [3.8, 4) is 0 Å². The second kappa shape index (κ2) is 3.73. The van der Waals surface area contributed by atoms with Gasteiger partial charge in [-0.15, -0.1) is 0 Å². The fraction of sp³-hybridized carbons (Fsp3) is 0.273. The van der Waals surface area contributed by atoms with E-state index < -0.39 is 5.97 Å². The molecule has 0 unspecified atom stereocenters. The van der Waals surface area contributed by atoms with Crippen LogP contribution >= 0.6 is 0 Å². The Balaban J connectivity index is 2.59. The smallest absolute Gasteiger partial charge is 0.309 e. The zero-order valence-electron chi connectivity index (χ0n) is 8.47. The summed E-state index contributed by atoms with van der Waals surface area (Å²) in [5.41, 5.74) is 1.64. The summed E-state index contributed by atoms with van der Waals surface area (Å²) in [6.45, 7) is 2.74. The Morgan fingerprint density at radius 3 is 2.87 bits per heavy atom. The van der Waals surface area contributed by atoms with E-state index in [1.807, 2.05) is 35.9 Å². The maximum Gasteiger partial charge on any atom is 0.309 e. The summed E-state index contributed by atoms with van der Waals surface area (Å²) in [5.74, 6) is -0.846. The topological polar surface area (TPSA) is 55.1 Å². The molecule has 0 aliphatic rings. The third-order valence-corrected chi connectivity index (χ3v) is 2.35. The monoisotopic (exact) mass is 204 g/mol. The van der Waals surface area contributed by atoms with E-state index in [1.54, 1.807) is 0 Å². The summed E-state index contributed by atoms with van der Waals surface area (Å²) in [4.78, 5) is 10.7. The number of carboxylic acid groups (broad SMARTS) is 1. The molecule has 0 amide bonds. The van der Waals surface area contributed by atoms with Crippen molar-refractivity contribution in [2.24, 2.45) is 0 Å². The molecule has 4 heteroatoms. The Bertz CT molecular complexity index is 502. The lowest BCUT2D eigenvalue weighted by Gasteiger charge is -1.95. The van der Waals surface area contributed by atoms with Crippen molar-refractivity contribution in [3.63, 3.8) is 0 Å². The molecule has 0 atom stereocenters. The third-order valence-electron chi connectivity index (χ3n) is 2.35. The first-order valence-corrected chi connectivity index (χ1v) is 4.88. The molecule has 0 aliphatic heterocycles. The number of hydrogen-bond acceptors (Lipinski definition) is 2. The fourth-order valence-electron chi connectivity index (χ4n) is 1.71. The SMILES string of the molecule is CCn1nc(CC(=O)O)c2ccccc21. The van der Waals surface area contributed by atoms with Crippen LogP contribution in [0.4, 0.5) is 0 Å². The fourth-order valence-corrected chi connectivity index (χ4v) is 1.71. The van der Waals surface area contributed by atoms with Crippen LogP contribution in [0.25, 0.3) is 10.9 Å². The number of benzene rings is 1. The molecule has 0 saturated carbocycles. The van der Waals surface area contributed by atoms with Crippen LogP contribution in [0, 0.1) is 0 Å². The number of carboxylic acids is 1. The average Bonchev–Trinajstić information content (AvgIpc) is 2.56. The van der Waals surface area contributed by atoms with E-state index in [9.17, 15) is 4.79 Å². The predicted molar refractivity (Wildman–Crippen MR) is 56.7 cm³/mol. The molecular formula is C11H12N2O2. The Labute approximate surface area is 87.1 Å². The zero-order valence-corrected chi connectivity index (χ0v) is 8.47. The molecule has 0 saturated heterocycles. The first-order valence-electron chi connectivity index (χ1n) is 4.88. The lowest BCUT2D eigenvalue weighted by Crippen LogP contribution is -2.02. The van der Waals surface area contributed by atoms with E-state index in [2.05, 4.69) is 5.10 Å². The van der Waals surface area contributed by atoms with Crippen molar-refractivity contribution in [1.29, 1.82) is 0 Å². The summed E-state index contributed by atoms with van der Waals surface area (Å²) in [6, 6.07) is 7.69. The second-order valence-electron chi connectivity index (χ2n) is 3.35. The van der Waals surface area contributed by atoms with Gasteiger partial charge in [-0.05, 0) is 13.0 Å². The van der Waals surface area contributed by atoms with Gasteiger partial charge in [0.2, 0.25) is 0 Å². The molecule has 78 valence electrons. The van der Waals surface area contributed by atoms with E-state index >= 15 is 0 Å². The summed E-state index contributed by atoms with van der Waals surface area (Å²) in [7, 11) is 0. The van der Waals surface area contributed by atoms with Crippen molar-refractivity contribution >= 4 is 16.9 Å². The van der Waals surface area contributed by atoms with Crippen LogP contribution in [-0.4, -0.2) is 20.9 Å². The summed E-state index contributed by atoms with van der Waals surface area (Å²) in [6.07, 6.45) is -0.0203. The molecule has 15 heavy (non-hydrogen) atoms. The predicted octanol–water partition coefficient (Wildman–Crippen LogP) is 1.68. The van der Waals surface area contributed by atoms with E-state index in [-0.39, 0.29) is 6.42 Å². The van der Waals surface area contributed by atoms with Crippen LogP contribution in [0.3, 0.4) is 0 Å². The van der Waals surface area contributed by atoms with Gasteiger partial charge in [-0.1, -0.05) is 18.2 Å². The summed E-state index contributed by atoms with van der Waals surface area (Å²) >= 11 is 0. The van der Waals surface area contributed by atoms with Crippen molar-refractivity contribution in [1.82, 2.24) is 9.78 Å². The molecule has 1 heterocycles. The average molecular weight is 204 g/mol. The quantitative estimate of drug-likeness (QED) is 0.827. The van der Waals surface area contributed by atoms with Gasteiger partial charge in [0.15, 0.2) is 0 Å². The molecule has 2 rings (SSSR count). The van der Waals surface area contributed by atoms with Crippen LogP contribution in [0.5, 0.6) is 0 Å². The molecular weight excluding hydrogens is 192 g/mol. The maximum atomic E-state index is 10.7. The number of carbonyl (C=O) groups is 1. The van der Waals surface area contributed by atoms with Crippen molar-refractivity contribution in [3.05, 3.63) is 30.0 Å². The van der Waals surface area contributed by atoms with Gasteiger partial charge in [0, 0.05) is 11.9 Å². The Morgan fingerprint density at radius 1 is 1.47 bits per heavy atom. The first-order chi connectivity index (χ1) is 7.22. The molecule has 1 N–H and O–H groups in total. The lowest BCUT2D eigenvalue weighted by atomic mass is 10.2. The summed E-state index contributed by atoms with van der Waals surface area (Å²) in [5, 5.41) is 14.0. The molecule has 0 bridgehead atoms. The van der Waals surface area contributed by atoms with Gasteiger partial charge in [-0.25, -0.2) is 0 Å². The standard InChI is InChI=1S/C11H12N2O2/c1-2-13-10-6-4-3-5-8(10)9(12-13)7-11(14)15/h3-6H,2,7H2,1H3,(H,14,15). The van der Waals surface area contributed by atoms with Gasteiger partial charge in [0.1, 0.15) is 0 Å². The van der Waals surface area contributed by atoms with Crippen molar-refractivity contribution in [2.45, 2.75) is 19.9 Å². The molecule has 1 aromatic heterocycles. The highest BCUT2D eigenvalue weighted by Gasteiger charge is 2.11. The largest absolute Gasteiger partial charge is 0.481 e. The van der Waals surface area contributed by atoms with Crippen molar-refractivity contribution < 1.29 is 9.90 Å².